The third-order valence-corrected chi connectivity index (χ3v) is 31.0. The van der Waals surface area contributed by atoms with Crippen molar-refractivity contribution in [3.63, 3.8) is 0 Å². The Bertz CT molecular complexity index is 936. The van der Waals surface area contributed by atoms with Gasteiger partial charge in [-0.1, -0.05) is 65.2 Å². The van der Waals surface area contributed by atoms with Crippen molar-refractivity contribution in [3.05, 3.63) is 35.4 Å². The molecule has 0 saturated heterocycles. The Labute approximate surface area is 271 Å². The van der Waals surface area contributed by atoms with Crippen LogP contribution in [0.1, 0.15) is 11.1 Å². The summed E-state index contributed by atoms with van der Waals surface area (Å²) in [5, 5.41) is 6.10. The average Bonchev–Trinajstić information content (AvgIpc) is 3.44. The van der Waals surface area contributed by atoms with E-state index in [1.54, 1.807) is 10.4 Å². The summed E-state index contributed by atoms with van der Waals surface area (Å²) < 4.78 is 26.2. The minimum atomic E-state index is -1.98. The Morgan fingerprint density at radius 2 is 0.897 bits per heavy atom. The van der Waals surface area contributed by atoms with E-state index in [0.29, 0.717) is 0 Å². The Morgan fingerprint density at radius 3 is 1.15 bits per heavy atom. The van der Waals surface area contributed by atoms with Gasteiger partial charge in [-0.3, -0.25) is 0 Å². The van der Waals surface area contributed by atoms with E-state index in [9.17, 15) is 0 Å². The van der Waals surface area contributed by atoms with Crippen molar-refractivity contribution in [2.24, 2.45) is 0 Å². The number of hydrogen-bond donors (Lipinski definition) is 0. The molecule has 0 saturated carbocycles. The molecular weight excluding hydrogens is 739 g/mol. The first kappa shape index (κ1) is 38.8. The van der Waals surface area contributed by atoms with Crippen molar-refractivity contribution < 1.29 is 37.3 Å². The molecule has 0 heterocycles. The van der Waals surface area contributed by atoms with Crippen molar-refractivity contribution >= 4 is 110 Å². The van der Waals surface area contributed by atoms with Gasteiger partial charge in [0.15, 0.2) is 16.6 Å². The van der Waals surface area contributed by atoms with E-state index in [2.05, 4.69) is 103 Å². The van der Waals surface area contributed by atoms with Crippen LogP contribution in [0.2, 0.25) is 78.6 Å². The first-order valence-electron chi connectivity index (χ1n) is 14.2. The van der Waals surface area contributed by atoms with E-state index in [4.69, 9.17) is 33.5 Å². The van der Waals surface area contributed by atoms with Crippen LogP contribution >= 0.6 is 17.0 Å². The molecule has 0 aliphatic rings. The maximum absolute atomic E-state index is 6.61. The Balaban J connectivity index is 0.00000242. The Hall–Kier alpha value is 1.74. The third-order valence-electron chi connectivity index (χ3n) is 7.27. The molecule has 0 aliphatic carbocycles. The second kappa shape index (κ2) is 17.3. The summed E-state index contributed by atoms with van der Waals surface area (Å²) in [5.41, 5.74) is 3.00. The van der Waals surface area contributed by atoms with Gasteiger partial charge in [0.1, 0.15) is 55.7 Å². The quantitative estimate of drug-likeness (QED) is 0.206. The molecule has 15 heteroatoms. The van der Waals surface area contributed by atoms with Gasteiger partial charge in [-0.2, -0.15) is 23.3 Å². The van der Waals surface area contributed by atoms with Gasteiger partial charge >= 0.3 is 37.9 Å². The number of hydrogen-bond acceptors (Lipinski definition) is 4. The molecule has 0 unspecified atom stereocenters. The van der Waals surface area contributed by atoms with Crippen molar-refractivity contribution in [2.45, 2.75) is 91.4 Å². The molecule has 0 spiro atoms. The molecule has 0 amide bonds. The SMILES string of the molecule is C[SiH2]O[Si](C)(C)c1c(CCc2cc[c-]([Si](C)(C)O[SiH2]C)c2[Si](C)(C)O[SiH2]C)cc[c-]1[Si](C)(C)O[SiH2]C.[Cl][Zr+2][Cl]. The van der Waals surface area contributed by atoms with E-state index >= 15 is 0 Å². The molecular formula is C24H52Cl2O4Si8Zr. The summed E-state index contributed by atoms with van der Waals surface area (Å²) in [6, 6.07) is 9.60. The third kappa shape index (κ3) is 10.7. The second-order valence-electron chi connectivity index (χ2n) is 11.6. The molecule has 0 N–H and O–H groups in total. The summed E-state index contributed by atoms with van der Waals surface area (Å²) in [5.74, 6) is 0. The fourth-order valence-electron chi connectivity index (χ4n) is 5.90. The standard InChI is InChI=1S/C24H52O4Si8.2ClH.Zr/c1-29-25-33(5,6)21-17-15-19(23(21)35(9,10)27-31-3)13-14-20-16-18-22(34(7,8)26-30-2)24(20)36(11,12)28-32-4;;;/h15-18H,13-14,29-32H2,1-12H3;2*1H;/q-2;;;+4/p-2. The molecule has 4 nitrogen and oxygen atoms in total. The molecule has 0 bridgehead atoms. The average molecular weight is 791 g/mol. The summed E-state index contributed by atoms with van der Waals surface area (Å²) >= 11 is -0.826. The molecule has 0 aliphatic heterocycles. The second-order valence-corrected chi connectivity index (χ2v) is 36.5. The predicted molar refractivity (Wildman–Crippen MR) is 194 cm³/mol. The molecule has 0 atom stereocenters. The Kier molecular flexibility index (Phi) is 17.2. The van der Waals surface area contributed by atoms with Crippen LogP contribution in [0.3, 0.4) is 0 Å². The van der Waals surface area contributed by atoms with E-state index in [1.165, 1.54) is 21.5 Å². The minimum absolute atomic E-state index is 0.457. The van der Waals surface area contributed by atoms with Crippen LogP contribution in [0.4, 0.5) is 0 Å². The number of halogens is 2. The summed E-state index contributed by atoms with van der Waals surface area (Å²) in [4.78, 5) is 0. The zero-order chi connectivity index (χ0) is 30.1. The van der Waals surface area contributed by atoms with E-state index in [-0.39, 0.29) is 0 Å². The number of aryl methyl sites for hydroxylation is 2. The van der Waals surface area contributed by atoms with Crippen LogP contribution < -0.4 is 20.7 Å². The zero-order valence-electron chi connectivity index (χ0n) is 26.4. The monoisotopic (exact) mass is 788 g/mol. The van der Waals surface area contributed by atoms with Crippen LogP contribution in [-0.2, 0) is 50.2 Å². The van der Waals surface area contributed by atoms with Gasteiger partial charge in [0.25, 0.3) is 0 Å². The summed E-state index contributed by atoms with van der Waals surface area (Å²) in [6.45, 7) is 28.2. The fraction of sp³-hybridized carbons (Fsp3) is 0.583. The van der Waals surface area contributed by atoms with Gasteiger partial charge in [-0.25, -0.2) is 12.1 Å². The van der Waals surface area contributed by atoms with E-state index in [0.717, 1.165) is 12.8 Å². The maximum atomic E-state index is 6.61. The molecule has 0 fully saturated rings. The molecule has 2 aromatic rings. The van der Waals surface area contributed by atoms with Crippen molar-refractivity contribution in [3.8, 4) is 0 Å². The molecule has 0 aromatic heterocycles. The van der Waals surface area contributed by atoms with Gasteiger partial charge in [-0.15, -0.1) is 20.7 Å². The molecule has 222 valence electrons. The summed E-state index contributed by atoms with van der Waals surface area (Å²) in [7, 11) is 0.202. The molecule has 0 radical (unpaired) electrons. The van der Waals surface area contributed by atoms with Crippen LogP contribution in [0.5, 0.6) is 0 Å². The van der Waals surface area contributed by atoms with Crippen molar-refractivity contribution in [1.82, 2.24) is 0 Å². The Morgan fingerprint density at radius 1 is 0.615 bits per heavy atom. The van der Waals surface area contributed by atoms with Crippen LogP contribution in [0.15, 0.2) is 24.3 Å². The number of rotatable bonds is 15. The normalized spacial score (nSPS) is 14.0. The van der Waals surface area contributed by atoms with Crippen LogP contribution in [-0.4, -0.2) is 72.3 Å². The van der Waals surface area contributed by atoms with Gasteiger partial charge in [0, 0.05) is 0 Å². The summed E-state index contributed by atoms with van der Waals surface area (Å²) in [6.07, 6.45) is 2.12. The fourth-order valence-corrected chi connectivity index (χ4v) is 29.4. The first-order chi connectivity index (χ1) is 18.1. The van der Waals surface area contributed by atoms with Crippen molar-refractivity contribution in [1.29, 1.82) is 0 Å². The van der Waals surface area contributed by atoms with Gasteiger partial charge in [0.05, 0.1) is 0 Å². The van der Waals surface area contributed by atoms with Gasteiger partial charge in [-0.05, 0) is 26.2 Å². The molecule has 2 rings (SSSR count). The van der Waals surface area contributed by atoms with Crippen LogP contribution in [0, 0.1) is 0 Å². The zero-order valence-corrected chi connectivity index (χ0v) is 40.1. The van der Waals surface area contributed by atoms with Crippen LogP contribution in [0.25, 0.3) is 0 Å². The van der Waals surface area contributed by atoms with Crippen molar-refractivity contribution in [2.75, 3.05) is 0 Å². The van der Waals surface area contributed by atoms with Gasteiger partial charge < -0.3 is 16.5 Å². The first-order valence-corrected chi connectivity index (χ1v) is 40.1. The van der Waals surface area contributed by atoms with E-state index < -0.39 is 93.2 Å². The molecule has 39 heavy (non-hydrogen) atoms. The van der Waals surface area contributed by atoms with E-state index in [1.807, 2.05) is 0 Å². The topological polar surface area (TPSA) is 36.9 Å². The molecule has 2 aromatic carbocycles. The predicted octanol–water partition coefficient (Wildman–Crippen LogP) is 2.53. The van der Waals surface area contributed by atoms with Gasteiger partial charge in [0.2, 0.25) is 0 Å².